The normalized spacial score (nSPS) is 67.3. The van der Waals surface area contributed by atoms with Gasteiger partial charge in [-0.05, 0) is 0 Å². The van der Waals surface area contributed by atoms with Crippen LogP contribution in [0, 0.1) is 0 Å². The van der Waals surface area contributed by atoms with E-state index in [0.29, 0.717) is 0 Å². The van der Waals surface area contributed by atoms with E-state index in [4.69, 9.17) is 0 Å². The van der Waals surface area contributed by atoms with Gasteiger partial charge in [0.25, 0.3) is 0 Å². The summed E-state index contributed by atoms with van der Waals surface area (Å²) in [5, 5.41) is 3.44. The summed E-state index contributed by atoms with van der Waals surface area (Å²) in [5.74, 6) is 0. The predicted molar refractivity (Wildman–Crippen MR) is 165 cm³/mol. The Labute approximate surface area is 227 Å². The van der Waals surface area contributed by atoms with Crippen LogP contribution in [0.25, 0.3) is 0 Å². The molecule has 12 aliphatic rings. The first-order chi connectivity index (χ1) is 19.0. The average Bonchev–Trinajstić information content (AvgIpc) is 3.95. The SMILES string of the molecule is CC(P(c1ccccc1)c1ccccc1)[C@@]12[CH]3[CH]4[CH]5[C]1(P(C1CCCCC1)C1CCCCC1)[Fe]45321678[CH]2[CH]1[CH]6[CH]7[CH]28. The van der Waals surface area contributed by atoms with Crippen molar-refractivity contribution in [3.05, 3.63) is 60.7 Å². The molecular formula is C36H44FeP2. The van der Waals surface area contributed by atoms with Gasteiger partial charge in [-0.25, -0.2) is 0 Å². The van der Waals surface area contributed by atoms with Crippen molar-refractivity contribution >= 4 is 26.5 Å². The van der Waals surface area contributed by atoms with E-state index in [9.17, 15) is 0 Å². The molecule has 5 unspecified atom stereocenters. The third-order valence-corrected chi connectivity index (χ3v) is 76.8. The first kappa shape index (κ1) is 20.7. The Morgan fingerprint density at radius 1 is 0.615 bits per heavy atom. The summed E-state index contributed by atoms with van der Waals surface area (Å²) in [4.78, 5) is 11.5. The summed E-state index contributed by atoms with van der Waals surface area (Å²) in [6.07, 6.45) is 16.1. The van der Waals surface area contributed by atoms with Crippen LogP contribution >= 0.6 is 15.8 Å². The van der Waals surface area contributed by atoms with E-state index in [1.54, 1.807) is 74.8 Å². The fraction of sp³-hybridized carbons (Fsp3) is 0.667. The van der Waals surface area contributed by atoms with Crippen molar-refractivity contribution in [3.63, 3.8) is 0 Å². The van der Waals surface area contributed by atoms with E-state index in [2.05, 4.69) is 67.6 Å². The second-order valence-electron chi connectivity index (χ2n) is 18.5. The monoisotopic (exact) mass is 594 g/mol. The van der Waals surface area contributed by atoms with Gasteiger partial charge in [0.05, 0.1) is 0 Å². The van der Waals surface area contributed by atoms with Crippen LogP contribution < -0.4 is 10.6 Å². The molecule has 2 aromatic carbocycles. The average molecular weight is 595 g/mol. The van der Waals surface area contributed by atoms with Gasteiger partial charge in [0.2, 0.25) is 0 Å². The van der Waals surface area contributed by atoms with Gasteiger partial charge >= 0.3 is 229 Å². The third-order valence-electron chi connectivity index (χ3n) is 22.3. The van der Waals surface area contributed by atoms with E-state index in [1.165, 1.54) is 49.8 Å². The molecule has 10 aliphatic heterocycles. The molecule has 0 bridgehead atoms. The van der Waals surface area contributed by atoms with E-state index in [1.807, 2.05) is 0 Å². The maximum atomic E-state index is 2.93. The zero-order valence-electron chi connectivity index (χ0n) is 23.4. The van der Waals surface area contributed by atoms with Crippen LogP contribution in [0.1, 0.15) is 71.1 Å². The van der Waals surface area contributed by atoms with Crippen molar-refractivity contribution in [1.29, 1.82) is 0 Å². The number of fused-ring (bicyclic) bond motifs is 10. The van der Waals surface area contributed by atoms with Gasteiger partial charge in [-0.15, -0.1) is 0 Å². The molecule has 3 heteroatoms. The van der Waals surface area contributed by atoms with E-state index in [-0.39, 0.29) is 15.8 Å². The van der Waals surface area contributed by atoms with Crippen LogP contribution in [0.15, 0.2) is 60.7 Å². The van der Waals surface area contributed by atoms with Crippen LogP contribution in [0.3, 0.4) is 0 Å². The zero-order valence-corrected chi connectivity index (χ0v) is 26.3. The second kappa shape index (κ2) is 3.45. The van der Waals surface area contributed by atoms with Gasteiger partial charge in [-0.2, -0.15) is 0 Å². The van der Waals surface area contributed by atoms with Gasteiger partial charge in [0, 0.05) is 0 Å². The summed E-state index contributed by atoms with van der Waals surface area (Å²) in [6.45, 7) is -0.656. The fourth-order valence-corrected chi connectivity index (χ4v) is 124. The summed E-state index contributed by atoms with van der Waals surface area (Å²) in [5.41, 5.74) is 3.36. The third kappa shape index (κ3) is 0.574. The Hall–Kier alpha value is -0.181. The van der Waals surface area contributed by atoms with Crippen molar-refractivity contribution in [3.8, 4) is 0 Å². The van der Waals surface area contributed by atoms with Crippen LogP contribution in [0.2, 0.25) is 42.8 Å². The van der Waals surface area contributed by atoms with Crippen LogP contribution in [-0.2, 0) is 6.51 Å². The molecule has 0 amide bonds. The van der Waals surface area contributed by atoms with E-state index < -0.39 is 6.51 Å². The minimum atomic E-state index is -3.59. The van der Waals surface area contributed by atoms with Crippen molar-refractivity contribution in [2.45, 2.75) is 135 Å². The van der Waals surface area contributed by atoms with Gasteiger partial charge in [0.1, 0.15) is 0 Å². The summed E-state index contributed by atoms with van der Waals surface area (Å²) in [7, 11) is -0.0119. The molecule has 6 atom stereocenters. The maximum absolute atomic E-state index is 3.59. The van der Waals surface area contributed by atoms with Gasteiger partial charge in [-0.3, -0.25) is 0 Å². The number of rotatable bonds is 7. The zero-order chi connectivity index (χ0) is 25.1. The Balaban J connectivity index is 1.05. The van der Waals surface area contributed by atoms with Gasteiger partial charge in [-0.1, -0.05) is 0 Å². The Kier molecular flexibility index (Phi) is 1.83. The molecule has 39 heavy (non-hydrogen) atoms. The molecule has 0 nitrogen and oxygen atoms in total. The van der Waals surface area contributed by atoms with Crippen LogP contribution in [0.5, 0.6) is 0 Å². The standard InChI is InChI=1S/C31H39P2.C5H5.Fe/c1-25(32(26-15-6-2-7-16-26)27-17-8-3-9-18-27)30-23-14-24-31(30)33(28-19-10-4-11-20-28)29-21-12-5-13-22-29;1-2-4-5-3-1;/h2-3,6-9,14-18,23-25,28-29H,4-5,10-13,19-22H2,1H3;1-5H;. The molecule has 206 valence electrons. The molecule has 2 saturated carbocycles. The van der Waals surface area contributed by atoms with Crippen molar-refractivity contribution in [1.82, 2.24) is 0 Å². The molecule has 14 rings (SSSR count). The van der Waals surface area contributed by atoms with Gasteiger partial charge in [0.15, 0.2) is 0 Å². The molecule has 0 N–H and O–H groups in total. The summed E-state index contributed by atoms with van der Waals surface area (Å²) in [6, 6.07) is 24.2. The Bertz CT molecular complexity index is 1780. The molecule has 0 radical (unpaired) electrons. The van der Waals surface area contributed by atoms with E-state index in [0.717, 1.165) is 14.0 Å². The predicted octanol–water partition coefficient (Wildman–Crippen LogP) is 10.3. The second-order valence-corrected chi connectivity index (χ2v) is 47.7. The molecule has 10 saturated heterocycles. The number of hydrogen-bond acceptors (Lipinski definition) is 0. The molecule has 12 fully saturated rings. The Morgan fingerprint density at radius 2 is 1.08 bits per heavy atom. The molecule has 10 heterocycles. The van der Waals surface area contributed by atoms with Crippen molar-refractivity contribution < 1.29 is 6.51 Å². The van der Waals surface area contributed by atoms with E-state index >= 15 is 0 Å². The van der Waals surface area contributed by atoms with Crippen LogP contribution in [0.4, 0.5) is 0 Å². The first-order valence-corrected chi connectivity index (χ1v) is 26.0. The molecule has 2 aromatic rings. The first-order valence-electron chi connectivity index (χ1n) is 16.9. The van der Waals surface area contributed by atoms with Gasteiger partial charge < -0.3 is 0 Å². The van der Waals surface area contributed by atoms with Crippen LogP contribution in [-0.4, -0.2) is 21.0 Å². The summed E-state index contributed by atoms with van der Waals surface area (Å²) >= 11 is 0. The number of hydrogen-bond donors (Lipinski definition) is 0. The molecule has 1 spiro atoms. The topological polar surface area (TPSA) is 0 Å². The fourth-order valence-electron chi connectivity index (χ4n) is 24.1. The Morgan fingerprint density at radius 3 is 1.49 bits per heavy atom. The molecular weight excluding hydrogens is 550 g/mol. The molecule has 2 aliphatic carbocycles. The van der Waals surface area contributed by atoms with Crippen molar-refractivity contribution in [2.24, 2.45) is 0 Å². The molecule has 0 aromatic heterocycles. The minimum absolute atomic E-state index is 0.252. The number of benzene rings is 2. The quantitative estimate of drug-likeness (QED) is 0.221. The van der Waals surface area contributed by atoms with Crippen molar-refractivity contribution in [2.75, 3.05) is 0 Å². The summed E-state index contributed by atoms with van der Waals surface area (Å²) < 4.78 is 2.03.